The van der Waals surface area contributed by atoms with E-state index in [9.17, 15) is 9.59 Å². The van der Waals surface area contributed by atoms with E-state index in [1.165, 1.54) is 0 Å². The molecule has 1 aliphatic rings. The molecule has 0 spiro atoms. The Kier molecular flexibility index (Phi) is 4.58. The number of aryl methyl sites for hydroxylation is 1. The number of rotatable bonds is 3. The van der Waals surface area contributed by atoms with Crippen LogP contribution in [0.3, 0.4) is 0 Å². The Balaban J connectivity index is 1.98. The van der Waals surface area contributed by atoms with Gasteiger partial charge in [0.1, 0.15) is 5.76 Å². The Morgan fingerprint density at radius 2 is 1.91 bits per heavy atom. The van der Waals surface area contributed by atoms with E-state index in [4.69, 9.17) is 10.2 Å². The summed E-state index contributed by atoms with van der Waals surface area (Å²) >= 11 is 0. The summed E-state index contributed by atoms with van der Waals surface area (Å²) in [5, 5.41) is 0. The molecule has 2 N–H and O–H groups in total. The van der Waals surface area contributed by atoms with Crippen molar-refractivity contribution in [2.45, 2.75) is 52.4 Å². The highest BCUT2D eigenvalue weighted by molar-refractivity contribution is 5.80. The maximum Gasteiger partial charge on any atom is 0.230 e. The molecule has 1 aromatic heterocycles. The maximum absolute atomic E-state index is 12.4. The fourth-order valence-electron chi connectivity index (χ4n) is 2.58. The number of oxazole rings is 1. The molecular weight excluding hydrogens is 282 g/mol. The average molecular weight is 307 g/mol. The quantitative estimate of drug-likeness (QED) is 0.917. The summed E-state index contributed by atoms with van der Waals surface area (Å²) in [4.78, 5) is 29.7. The van der Waals surface area contributed by atoms with E-state index in [-0.39, 0.29) is 29.6 Å². The van der Waals surface area contributed by atoms with Gasteiger partial charge in [0.05, 0.1) is 12.1 Å². The van der Waals surface area contributed by atoms with E-state index in [2.05, 4.69) is 4.98 Å². The molecule has 6 heteroatoms. The van der Waals surface area contributed by atoms with Gasteiger partial charge in [-0.05, 0) is 19.8 Å². The Bertz CT molecular complexity index is 564. The van der Waals surface area contributed by atoms with Gasteiger partial charge in [0.15, 0.2) is 5.89 Å². The van der Waals surface area contributed by atoms with Crippen LogP contribution in [0.2, 0.25) is 0 Å². The first-order valence-electron chi connectivity index (χ1n) is 7.72. The van der Waals surface area contributed by atoms with Gasteiger partial charge in [0.2, 0.25) is 11.8 Å². The fourth-order valence-corrected chi connectivity index (χ4v) is 2.58. The molecule has 2 amide bonds. The van der Waals surface area contributed by atoms with E-state index in [1.807, 2.05) is 27.7 Å². The van der Waals surface area contributed by atoms with Crippen LogP contribution in [0.15, 0.2) is 4.42 Å². The van der Waals surface area contributed by atoms with Gasteiger partial charge in [-0.1, -0.05) is 20.8 Å². The lowest BCUT2D eigenvalue weighted by Crippen LogP contribution is -2.42. The molecule has 22 heavy (non-hydrogen) atoms. The molecule has 1 saturated heterocycles. The highest BCUT2D eigenvalue weighted by atomic mass is 16.4. The topological polar surface area (TPSA) is 89.4 Å². The number of aromatic nitrogens is 1. The van der Waals surface area contributed by atoms with E-state index in [0.29, 0.717) is 37.6 Å². The first-order chi connectivity index (χ1) is 10.2. The van der Waals surface area contributed by atoms with Gasteiger partial charge in [-0.2, -0.15) is 0 Å². The maximum atomic E-state index is 12.4. The van der Waals surface area contributed by atoms with E-state index >= 15 is 0 Å². The molecule has 2 heterocycles. The number of nitrogens with two attached hydrogens (primary N) is 1. The van der Waals surface area contributed by atoms with Crippen LogP contribution in [-0.2, 0) is 21.4 Å². The normalized spacial score (nSPS) is 16.8. The van der Waals surface area contributed by atoms with Gasteiger partial charge in [-0.3, -0.25) is 9.59 Å². The number of carbonyl (C=O) groups is 2. The van der Waals surface area contributed by atoms with Crippen molar-refractivity contribution in [3.63, 3.8) is 0 Å². The number of hydrogen-bond donors (Lipinski definition) is 1. The first-order valence-corrected chi connectivity index (χ1v) is 7.72. The molecule has 0 bridgehead atoms. The van der Waals surface area contributed by atoms with Gasteiger partial charge in [0, 0.05) is 24.4 Å². The minimum Gasteiger partial charge on any atom is -0.444 e. The summed E-state index contributed by atoms with van der Waals surface area (Å²) in [6, 6.07) is 0. The van der Waals surface area contributed by atoms with E-state index in [1.54, 1.807) is 4.90 Å². The van der Waals surface area contributed by atoms with Crippen molar-refractivity contribution in [2.24, 2.45) is 11.7 Å². The van der Waals surface area contributed by atoms with Crippen LogP contribution in [0.4, 0.5) is 0 Å². The van der Waals surface area contributed by atoms with Gasteiger partial charge in [-0.25, -0.2) is 4.98 Å². The number of amides is 2. The molecule has 0 aliphatic carbocycles. The number of piperidine rings is 1. The highest BCUT2D eigenvalue weighted by Crippen LogP contribution is 2.25. The van der Waals surface area contributed by atoms with Crippen molar-refractivity contribution in [2.75, 3.05) is 13.1 Å². The van der Waals surface area contributed by atoms with Crippen molar-refractivity contribution in [3.8, 4) is 0 Å². The third-order valence-corrected chi connectivity index (χ3v) is 4.10. The van der Waals surface area contributed by atoms with Crippen molar-refractivity contribution >= 4 is 11.8 Å². The Morgan fingerprint density at radius 1 is 1.32 bits per heavy atom. The van der Waals surface area contributed by atoms with Crippen LogP contribution in [0.1, 0.15) is 51.0 Å². The van der Waals surface area contributed by atoms with Crippen molar-refractivity contribution < 1.29 is 14.0 Å². The number of hydrogen-bond acceptors (Lipinski definition) is 4. The van der Waals surface area contributed by atoms with Gasteiger partial charge >= 0.3 is 0 Å². The Hall–Kier alpha value is -1.85. The molecule has 0 atom stereocenters. The monoisotopic (exact) mass is 307 g/mol. The van der Waals surface area contributed by atoms with Crippen molar-refractivity contribution in [1.82, 2.24) is 9.88 Å². The summed E-state index contributed by atoms with van der Waals surface area (Å²) in [6.45, 7) is 9.09. The second-order valence-electron chi connectivity index (χ2n) is 7.01. The number of nitrogens with zero attached hydrogens (tertiary/aromatic N) is 2. The van der Waals surface area contributed by atoms with Crippen LogP contribution in [-0.4, -0.2) is 34.8 Å². The summed E-state index contributed by atoms with van der Waals surface area (Å²) in [6.07, 6.45) is 1.50. The summed E-state index contributed by atoms with van der Waals surface area (Å²) in [7, 11) is 0. The molecule has 122 valence electrons. The number of carbonyl (C=O) groups excluding carboxylic acids is 2. The highest BCUT2D eigenvalue weighted by Gasteiger charge is 2.28. The van der Waals surface area contributed by atoms with E-state index in [0.717, 1.165) is 5.69 Å². The minimum absolute atomic E-state index is 0.0163. The minimum atomic E-state index is -0.270. The Labute approximate surface area is 131 Å². The molecule has 2 rings (SSSR count). The predicted octanol–water partition coefficient (Wildman–Crippen LogP) is 1.55. The van der Waals surface area contributed by atoms with Crippen LogP contribution >= 0.6 is 0 Å². The van der Waals surface area contributed by atoms with Crippen molar-refractivity contribution in [3.05, 3.63) is 17.3 Å². The van der Waals surface area contributed by atoms with Crippen LogP contribution in [0, 0.1) is 12.8 Å². The summed E-state index contributed by atoms with van der Waals surface area (Å²) < 4.78 is 5.77. The number of likely N-dealkylation sites (tertiary alicyclic amines) is 1. The SMILES string of the molecule is Cc1nc(C(C)(C)C)oc1CC(=O)N1CCC(C(N)=O)CC1. The Morgan fingerprint density at radius 3 is 2.36 bits per heavy atom. The molecule has 0 aromatic carbocycles. The summed E-state index contributed by atoms with van der Waals surface area (Å²) in [5.74, 6) is 0.923. The summed E-state index contributed by atoms with van der Waals surface area (Å²) in [5.41, 5.74) is 5.90. The lowest BCUT2D eigenvalue weighted by atomic mass is 9.96. The van der Waals surface area contributed by atoms with Crippen LogP contribution in [0.25, 0.3) is 0 Å². The zero-order valence-electron chi connectivity index (χ0n) is 13.8. The second kappa shape index (κ2) is 6.10. The zero-order valence-corrected chi connectivity index (χ0v) is 13.8. The lowest BCUT2D eigenvalue weighted by Gasteiger charge is -2.30. The van der Waals surface area contributed by atoms with Gasteiger partial charge in [0.25, 0.3) is 0 Å². The van der Waals surface area contributed by atoms with Crippen LogP contribution < -0.4 is 5.73 Å². The third-order valence-electron chi connectivity index (χ3n) is 4.10. The molecule has 1 aliphatic heterocycles. The van der Waals surface area contributed by atoms with E-state index < -0.39 is 0 Å². The lowest BCUT2D eigenvalue weighted by molar-refractivity contribution is -0.134. The number of primary amides is 1. The van der Waals surface area contributed by atoms with Gasteiger partial charge in [-0.15, -0.1) is 0 Å². The fraction of sp³-hybridized carbons (Fsp3) is 0.688. The molecule has 0 unspecified atom stereocenters. The molecule has 1 fully saturated rings. The molecular formula is C16H25N3O3. The van der Waals surface area contributed by atoms with Gasteiger partial charge < -0.3 is 15.1 Å². The largest absolute Gasteiger partial charge is 0.444 e. The first kappa shape index (κ1) is 16.5. The third kappa shape index (κ3) is 3.67. The standard InChI is InChI=1S/C16H25N3O3/c1-10-12(22-15(18-10)16(2,3)4)9-13(20)19-7-5-11(6-8-19)14(17)21/h11H,5-9H2,1-4H3,(H2,17,21). The molecule has 0 radical (unpaired) electrons. The second-order valence-corrected chi connectivity index (χ2v) is 7.01. The molecule has 0 saturated carbocycles. The molecule has 6 nitrogen and oxygen atoms in total. The van der Waals surface area contributed by atoms with Crippen LogP contribution in [0.5, 0.6) is 0 Å². The zero-order chi connectivity index (χ0) is 16.5. The van der Waals surface area contributed by atoms with Crippen molar-refractivity contribution in [1.29, 1.82) is 0 Å². The predicted molar refractivity (Wildman–Crippen MR) is 82.1 cm³/mol. The average Bonchev–Trinajstić information content (AvgIpc) is 2.80. The molecule has 1 aromatic rings. The smallest absolute Gasteiger partial charge is 0.230 e.